The molecule has 1 aromatic carbocycles. The van der Waals surface area contributed by atoms with Gasteiger partial charge in [-0.3, -0.25) is 4.79 Å². The van der Waals surface area contributed by atoms with Crippen LogP contribution in [0.5, 0.6) is 5.75 Å². The third kappa shape index (κ3) is 7.20. The number of carbonyl (C=O) groups excluding carboxylic acids is 1. The molecular weight excluding hydrogens is 272 g/mol. The van der Waals surface area contributed by atoms with E-state index >= 15 is 0 Å². The van der Waals surface area contributed by atoms with E-state index in [1.807, 2.05) is 31.2 Å². The highest BCUT2D eigenvalue weighted by Crippen LogP contribution is 2.10. The van der Waals surface area contributed by atoms with E-state index in [0.29, 0.717) is 19.4 Å². The van der Waals surface area contributed by atoms with Gasteiger partial charge in [-0.25, -0.2) is 4.79 Å². The second-order valence-electron chi connectivity index (χ2n) is 4.86. The van der Waals surface area contributed by atoms with E-state index in [1.165, 1.54) is 0 Å². The zero-order valence-corrected chi connectivity index (χ0v) is 12.4. The van der Waals surface area contributed by atoms with Crippen LogP contribution in [0.15, 0.2) is 24.3 Å². The van der Waals surface area contributed by atoms with E-state index in [-0.39, 0.29) is 18.5 Å². The SMILES string of the molecule is COc1ccc(CNC(=O)NC(C)CCCC(=O)O)cc1. The number of hydrogen-bond acceptors (Lipinski definition) is 3. The first kappa shape index (κ1) is 16.8. The summed E-state index contributed by atoms with van der Waals surface area (Å²) in [4.78, 5) is 22.1. The number of methoxy groups -OCH3 is 1. The molecule has 0 fully saturated rings. The molecule has 0 bridgehead atoms. The molecule has 1 atom stereocenters. The second-order valence-corrected chi connectivity index (χ2v) is 4.86. The van der Waals surface area contributed by atoms with Crippen LogP contribution in [-0.2, 0) is 11.3 Å². The Morgan fingerprint density at radius 3 is 2.52 bits per heavy atom. The quantitative estimate of drug-likeness (QED) is 0.685. The van der Waals surface area contributed by atoms with Crippen molar-refractivity contribution in [2.75, 3.05) is 7.11 Å². The van der Waals surface area contributed by atoms with Gasteiger partial charge in [0.25, 0.3) is 0 Å². The predicted molar refractivity (Wildman–Crippen MR) is 79.3 cm³/mol. The summed E-state index contributed by atoms with van der Waals surface area (Å²) in [5.41, 5.74) is 0.976. The number of carboxylic acid groups (broad SMARTS) is 1. The first-order valence-corrected chi connectivity index (χ1v) is 6.90. The minimum absolute atomic E-state index is 0.0554. The van der Waals surface area contributed by atoms with E-state index in [1.54, 1.807) is 7.11 Å². The Balaban J connectivity index is 2.24. The summed E-state index contributed by atoms with van der Waals surface area (Å²) in [5, 5.41) is 14.1. The van der Waals surface area contributed by atoms with Crippen molar-refractivity contribution in [3.8, 4) is 5.75 Å². The molecule has 21 heavy (non-hydrogen) atoms. The van der Waals surface area contributed by atoms with E-state index < -0.39 is 5.97 Å². The molecule has 0 aliphatic heterocycles. The molecule has 1 rings (SSSR count). The third-order valence-electron chi connectivity index (χ3n) is 3.02. The minimum Gasteiger partial charge on any atom is -0.497 e. The van der Waals surface area contributed by atoms with Crippen molar-refractivity contribution in [3.63, 3.8) is 0 Å². The highest BCUT2D eigenvalue weighted by Gasteiger charge is 2.07. The fourth-order valence-electron chi connectivity index (χ4n) is 1.83. The summed E-state index contributed by atoms with van der Waals surface area (Å²) in [6.07, 6.45) is 1.32. The molecule has 1 unspecified atom stereocenters. The van der Waals surface area contributed by atoms with Crippen molar-refractivity contribution < 1.29 is 19.4 Å². The highest BCUT2D eigenvalue weighted by atomic mass is 16.5. The molecule has 6 nitrogen and oxygen atoms in total. The molecule has 0 aliphatic rings. The Labute approximate surface area is 124 Å². The molecule has 1 aromatic rings. The van der Waals surface area contributed by atoms with Crippen molar-refractivity contribution in [1.29, 1.82) is 0 Å². The molecule has 0 heterocycles. The number of aliphatic carboxylic acids is 1. The number of amides is 2. The topological polar surface area (TPSA) is 87.7 Å². The normalized spacial score (nSPS) is 11.5. The predicted octanol–water partition coefficient (Wildman–Crippen LogP) is 2.14. The van der Waals surface area contributed by atoms with E-state index in [2.05, 4.69) is 10.6 Å². The Hall–Kier alpha value is -2.24. The summed E-state index contributed by atoms with van der Waals surface area (Å²) in [6, 6.07) is 7.13. The molecule has 0 aliphatic carbocycles. The summed E-state index contributed by atoms with van der Waals surface area (Å²) in [5.74, 6) is -0.0404. The van der Waals surface area contributed by atoms with Crippen molar-refractivity contribution in [1.82, 2.24) is 10.6 Å². The van der Waals surface area contributed by atoms with Gasteiger partial charge in [0.2, 0.25) is 0 Å². The average Bonchev–Trinajstić information content (AvgIpc) is 2.45. The Morgan fingerprint density at radius 2 is 1.95 bits per heavy atom. The number of carboxylic acids is 1. The maximum Gasteiger partial charge on any atom is 0.315 e. The molecule has 6 heteroatoms. The largest absolute Gasteiger partial charge is 0.497 e. The van der Waals surface area contributed by atoms with Crippen molar-refractivity contribution in [3.05, 3.63) is 29.8 Å². The van der Waals surface area contributed by atoms with Crippen LogP contribution in [0.2, 0.25) is 0 Å². The monoisotopic (exact) mass is 294 g/mol. The van der Waals surface area contributed by atoms with Crippen LogP contribution in [0.1, 0.15) is 31.7 Å². The Morgan fingerprint density at radius 1 is 1.29 bits per heavy atom. The molecule has 0 radical (unpaired) electrons. The zero-order chi connectivity index (χ0) is 15.7. The Kier molecular flexibility index (Phi) is 7.08. The number of urea groups is 1. The van der Waals surface area contributed by atoms with Crippen LogP contribution in [0, 0.1) is 0 Å². The number of rotatable bonds is 8. The Bertz CT molecular complexity index is 459. The number of nitrogens with one attached hydrogen (secondary N) is 2. The molecule has 2 amide bonds. The van der Waals surface area contributed by atoms with Crippen molar-refractivity contribution in [2.24, 2.45) is 0 Å². The maximum atomic E-state index is 11.7. The molecule has 3 N–H and O–H groups in total. The number of benzene rings is 1. The van der Waals surface area contributed by atoms with Crippen LogP contribution < -0.4 is 15.4 Å². The zero-order valence-electron chi connectivity index (χ0n) is 12.4. The number of ether oxygens (including phenoxy) is 1. The van der Waals surface area contributed by atoms with Crippen molar-refractivity contribution in [2.45, 2.75) is 38.8 Å². The standard InChI is InChI=1S/C15H22N2O4/c1-11(4-3-5-14(18)19)17-15(20)16-10-12-6-8-13(21-2)9-7-12/h6-9,11H,3-5,10H2,1-2H3,(H,18,19)(H2,16,17,20). The van der Waals surface area contributed by atoms with Gasteiger partial charge < -0.3 is 20.5 Å². The number of carbonyl (C=O) groups is 2. The van der Waals surface area contributed by atoms with E-state index in [9.17, 15) is 9.59 Å². The summed E-state index contributed by atoms with van der Waals surface area (Å²) in [6.45, 7) is 2.28. The maximum absolute atomic E-state index is 11.7. The van der Waals surface area contributed by atoms with Gasteiger partial charge in [-0.15, -0.1) is 0 Å². The van der Waals surface area contributed by atoms with E-state index in [4.69, 9.17) is 9.84 Å². The van der Waals surface area contributed by atoms with Gasteiger partial charge in [-0.05, 0) is 37.5 Å². The van der Waals surface area contributed by atoms with Gasteiger partial charge in [-0.1, -0.05) is 12.1 Å². The van der Waals surface area contributed by atoms with Crippen LogP contribution >= 0.6 is 0 Å². The fraction of sp³-hybridized carbons (Fsp3) is 0.467. The van der Waals surface area contributed by atoms with Gasteiger partial charge in [-0.2, -0.15) is 0 Å². The van der Waals surface area contributed by atoms with Gasteiger partial charge >= 0.3 is 12.0 Å². The van der Waals surface area contributed by atoms with Gasteiger partial charge in [0.15, 0.2) is 0 Å². The highest BCUT2D eigenvalue weighted by molar-refractivity contribution is 5.74. The average molecular weight is 294 g/mol. The lowest BCUT2D eigenvalue weighted by atomic mass is 10.1. The van der Waals surface area contributed by atoms with Crippen molar-refractivity contribution >= 4 is 12.0 Å². The molecule has 0 saturated carbocycles. The van der Waals surface area contributed by atoms with Gasteiger partial charge in [0, 0.05) is 19.0 Å². The smallest absolute Gasteiger partial charge is 0.315 e. The molecular formula is C15H22N2O4. The lowest BCUT2D eigenvalue weighted by Gasteiger charge is -2.14. The first-order chi connectivity index (χ1) is 10.0. The first-order valence-electron chi connectivity index (χ1n) is 6.90. The van der Waals surface area contributed by atoms with Gasteiger partial charge in [0.1, 0.15) is 5.75 Å². The summed E-state index contributed by atoms with van der Waals surface area (Å²) < 4.78 is 5.06. The van der Waals surface area contributed by atoms with Crippen LogP contribution in [-0.4, -0.2) is 30.3 Å². The van der Waals surface area contributed by atoms with Crippen LogP contribution in [0.3, 0.4) is 0 Å². The molecule has 0 aromatic heterocycles. The minimum atomic E-state index is -0.814. The summed E-state index contributed by atoms with van der Waals surface area (Å²) in [7, 11) is 1.60. The van der Waals surface area contributed by atoms with Crippen LogP contribution in [0.25, 0.3) is 0 Å². The van der Waals surface area contributed by atoms with E-state index in [0.717, 1.165) is 11.3 Å². The lowest BCUT2D eigenvalue weighted by Crippen LogP contribution is -2.40. The molecule has 0 spiro atoms. The fourth-order valence-corrected chi connectivity index (χ4v) is 1.83. The molecule has 116 valence electrons. The third-order valence-corrected chi connectivity index (χ3v) is 3.02. The number of hydrogen-bond donors (Lipinski definition) is 3. The summed E-state index contributed by atoms with van der Waals surface area (Å²) >= 11 is 0. The molecule has 0 saturated heterocycles. The van der Waals surface area contributed by atoms with Gasteiger partial charge in [0.05, 0.1) is 7.11 Å². The van der Waals surface area contributed by atoms with Crippen LogP contribution in [0.4, 0.5) is 4.79 Å². The second kappa shape index (κ2) is 8.84. The lowest BCUT2D eigenvalue weighted by molar-refractivity contribution is -0.137.